The van der Waals surface area contributed by atoms with Gasteiger partial charge in [0.25, 0.3) is 0 Å². The summed E-state index contributed by atoms with van der Waals surface area (Å²) in [5.41, 5.74) is 0. The Morgan fingerprint density at radius 3 is 1.82 bits per heavy atom. The number of unbranched alkanes of at least 4 members (excludes halogenated alkanes) is 9. The highest BCUT2D eigenvalue weighted by molar-refractivity contribution is 5.77. The molecule has 0 amide bonds. The molecule has 0 heterocycles. The Morgan fingerprint density at radius 2 is 1.23 bits per heavy atom. The standard InChI is InChI=1S/C20H32O2/c1-2-3-4-5-6-7-8-9-10-11-12-13-14-15-16-17-18-19-20(21)22/h12-19H,2-11H2,1H3,(H,21,22)/p-1/b13-12+,15-14+,17-16+,19-18+. The molecule has 0 radical (unpaired) electrons. The number of hydrogen-bond acceptors (Lipinski definition) is 2. The van der Waals surface area contributed by atoms with Gasteiger partial charge in [-0.2, -0.15) is 0 Å². The Balaban J connectivity index is 3.35. The summed E-state index contributed by atoms with van der Waals surface area (Å²) in [7, 11) is 0. The molecule has 0 unspecified atom stereocenters. The van der Waals surface area contributed by atoms with Crippen molar-refractivity contribution in [3.63, 3.8) is 0 Å². The van der Waals surface area contributed by atoms with Gasteiger partial charge in [-0.05, 0) is 18.9 Å². The molecular formula is C20H31O2-. The van der Waals surface area contributed by atoms with Gasteiger partial charge in [-0.3, -0.25) is 0 Å². The Bertz CT molecular complexity index is 362. The van der Waals surface area contributed by atoms with Crippen LogP contribution in [0.15, 0.2) is 48.6 Å². The van der Waals surface area contributed by atoms with Crippen LogP contribution in [0.25, 0.3) is 0 Å². The van der Waals surface area contributed by atoms with Crippen LogP contribution in [0.1, 0.15) is 71.1 Å². The molecule has 0 atom stereocenters. The zero-order valence-electron chi connectivity index (χ0n) is 14.0. The molecule has 0 fully saturated rings. The molecule has 2 nitrogen and oxygen atoms in total. The van der Waals surface area contributed by atoms with E-state index in [1.807, 2.05) is 18.2 Å². The Morgan fingerprint density at radius 1 is 0.727 bits per heavy atom. The predicted molar refractivity (Wildman–Crippen MR) is 93.4 cm³/mol. The van der Waals surface area contributed by atoms with Crippen LogP contribution >= 0.6 is 0 Å². The summed E-state index contributed by atoms with van der Waals surface area (Å²) < 4.78 is 0. The number of hydrogen-bond donors (Lipinski definition) is 0. The molecule has 0 aromatic carbocycles. The number of carbonyl (C=O) groups excluding carboxylic acids is 1. The van der Waals surface area contributed by atoms with Crippen molar-refractivity contribution >= 4 is 5.97 Å². The third-order valence-corrected chi connectivity index (χ3v) is 3.40. The maximum Gasteiger partial charge on any atom is 0.0642 e. The summed E-state index contributed by atoms with van der Waals surface area (Å²) in [5.74, 6) is -1.17. The van der Waals surface area contributed by atoms with Crippen LogP contribution < -0.4 is 5.11 Å². The largest absolute Gasteiger partial charge is 0.545 e. The molecule has 0 aromatic heterocycles. The second-order valence-corrected chi connectivity index (χ2v) is 5.49. The highest BCUT2D eigenvalue weighted by Gasteiger charge is 1.90. The Kier molecular flexibility index (Phi) is 16.2. The normalized spacial score (nSPS) is 12.4. The van der Waals surface area contributed by atoms with Crippen molar-refractivity contribution in [1.82, 2.24) is 0 Å². The number of carboxylic acid groups (broad SMARTS) is 1. The van der Waals surface area contributed by atoms with Gasteiger partial charge in [0, 0.05) is 0 Å². The van der Waals surface area contributed by atoms with Crippen LogP contribution in [0.3, 0.4) is 0 Å². The van der Waals surface area contributed by atoms with E-state index in [2.05, 4.69) is 13.0 Å². The van der Waals surface area contributed by atoms with Crippen LogP contribution in [-0.2, 0) is 4.79 Å². The van der Waals surface area contributed by atoms with E-state index in [1.54, 1.807) is 12.2 Å². The highest BCUT2D eigenvalue weighted by Crippen LogP contribution is 2.10. The summed E-state index contributed by atoms with van der Waals surface area (Å²) in [6.07, 6.45) is 27.4. The monoisotopic (exact) mass is 303 g/mol. The van der Waals surface area contributed by atoms with Crippen LogP contribution in [0.4, 0.5) is 0 Å². The molecule has 0 saturated carbocycles. The zero-order chi connectivity index (χ0) is 16.3. The molecule has 124 valence electrons. The van der Waals surface area contributed by atoms with E-state index in [0.29, 0.717) is 0 Å². The third-order valence-electron chi connectivity index (χ3n) is 3.40. The van der Waals surface area contributed by atoms with Crippen molar-refractivity contribution in [2.24, 2.45) is 0 Å². The predicted octanol–water partition coefficient (Wildman–Crippen LogP) is 4.88. The van der Waals surface area contributed by atoms with E-state index in [1.165, 1.54) is 63.9 Å². The fourth-order valence-corrected chi connectivity index (χ4v) is 2.14. The molecule has 0 aromatic rings. The summed E-state index contributed by atoms with van der Waals surface area (Å²) >= 11 is 0. The van der Waals surface area contributed by atoms with Crippen molar-refractivity contribution in [2.45, 2.75) is 71.1 Å². The van der Waals surface area contributed by atoms with Crippen LogP contribution in [0.2, 0.25) is 0 Å². The Labute approximate surface area is 136 Å². The lowest BCUT2D eigenvalue weighted by atomic mass is 10.1. The SMILES string of the molecule is CCCCCCCCCCC/C=C/C=C/C=C/C=C/C(=O)[O-]. The lowest BCUT2D eigenvalue weighted by Crippen LogP contribution is -2.18. The first-order valence-electron chi connectivity index (χ1n) is 8.65. The second kappa shape index (κ2) is 17.5. The summed E-state index contributed by atoms with van der Waals surface area (Å²) in [5, 5.41) is 10.1. The van der Waals surface area contributed by atoms with E-state index in [9.17, 15) is 9.90 Å². The molecule has 0 aliphatic heterocycles. The molecule has 2 heteroatoms. The molecule has 0 aliphatic carbocycles. The summed E-state index contributed by atoms with van der Waals surface area (Å²) in [6, 6.07) is 0. The summed E-state index contributed by atoms with van der Waals surface area (Å²) in [6.45, 7) is 2.26. The zero-order valence-corrected chi connectivity index (χ0v) is 14.0. The maximum atomic E-state index is 10.1. The number of aliphatic carboxylic acids is 1. The van der Waals surface area contributed by atoms with E-state index in [-0.39, 0.29) is 0 Å². The van der Waals surface area contributed by atoms with Gasteiger partial charge in [0.05, 0.1) is 5.97 Å². The average molecular weight is 303 g/mol. The highest BCUT2D eigenvalue weighted by atomic mass is 16.4. The first kappa shape index (κ1) is 20.4. The van der Waals surface area contributed by atoms with E-state index < -0.39 is 5.97 Å². The lowest BCUT2D eigenvalue weighted by Gasteiger charge is -2.00. The minimum atomic E-state index is -1.17. The topological polar surface area (TPSA) is 40.1 Å². The van der Waals surface area contributed by atoms with Gasteiger partial charge in [-0.25, -0.2) is 0 Å². The molecular weight excluding hydrogens is 272 g/mol. The number of allylic oxidation sites excluding steroid dienone is 7. The van der Waals surface area contributed by atoms with E-state index in [0.717, 1.165) is 12.5 Å². The smallest absolute Gasteiger partial charge is 0.0642 e. The number of carbonyl (C=O) groups is 1. The average Bonchev–Trinajstić information content (AvgIpc) is 2.50. The van der Waals surface area contributed by atoms with Crippen LogP contribution in [0, 0.1) is 0 Å². The van der Waals surface area contributed by atoms with Crippen LogP contribution in [-0.4, -0.2) is 5.97 Å². The van der Waals surface area contributed by atoms with Gasteiger partial charge in [-0.1, -0.05) is 101 Å². The minimum absolute atomic E-state index is 1.00. The first-order chi connectivity index (χ1) is 10.8. The maximum absolute atomic E-state index is 10.1. The lowest BCUT2D eigenvalue weighted by molar-refractivity contribution is -0.297. The number of carboxylic acids is 1. The Hall–Kier alpha value is -1.57. The van der Waals surface area contributed by atoms with Crippen LogP contribution in [0.5, 0.6) is 0 Å². The number of rotatable bonds is 14. The fraction of sp³-hybridized carbons (Fsp3) is 0.550. The quantitative estimate of drug-likeness (QED) is 0.260. The van der Waals surface area contributed by atoms with Crippen molar-refractivity contribution in [3.05, 3.63) is 48.6 Å². The van der Waals surface area contributed by atoms with Crippen molar-refractivity contribution in [3.8, 4) is 0 Å². The fourth-order valence-electron chi connectivity index (χ4n) is 2.14. The van der Waals surface area contributed by atoms with Gasteiger partial charge in [0.1, 0.15) is 0 Å². The second-order valence-electron chi connectivity index (χ2n) is 5.49. The van der Waals surface area contributed by atoms with E-state index >= 15 is 0 Å². The third kappa shape index (κ3) is 18.4. The minimum Gasteiger partial charge on any atom is -0.545 e. The van der Waals surface area contributed by atoms with E-state index in [4.69, 9.17) is 0 Å². The van der Waals surface area contributed by atoms with Crippen molar-refractivity contribution in [1.29, 1.82) is 0 Å². The van der Waals surface area contributed by atoms with Gasteiger partial charge in [0.2, 0.25) is 0 Å². The molecule has 0 bridgehead atoms. The molecule has 0 aliphatic rings. The first-order valence-corrected chi connectivity index (χ1v) is 8.65. The molecule has 0 spiro atoms. The van der Waals surface area contributed by atoms with Gasteiger partial charge in [-0.15, -0.1) is 0 Å². The molecule has 0 saturated heterocycles. The van der Waals surface area contributed by atoms with Gasteiger partial charge in [0.15, 0.2) is 0 Å². The van der Waals surface area contributed by atoms with Gasteiger partial charge >= 0.3 is 0 Å². The van der Waals surface area contributed by atoms with Gasteiger partial charge < -0.3 is 9.90 Å². The molecule has 22 heavy (non-hydrogen) atoms. The molecule has 0 N–H and O–H groups in total. The summed E-state index contributed by atoms with van der Waals surface area (Å²) in [4.78, 5) is 10.1. The van der Waals surface area contributed by atoms with Crippen molar-refractivity contribution < 1.29 is 9.90 Å². The molecule has 0 rings (SSSR count). The van der Waals surface area contributed by atoms with Crippen molar-refractivity contribution in [2.75, 3.05) is 0 Å².